The third-order valence-electron chi connectivity index (χ3n) is 4.12. The Labute approximate surface area is 164 Å². The van der Waals surface area contributed by atoms with Crippen molar-refractivity contribution in [3.8, 4) is 5.69 Å². The minimum absolute atomic E-state index is 0.0826. The second-order valence-corrected chi connectivity index (χ2v) is 7.81. The number of thioether (sulfide) groups is 1. The number of thiophene rings is 1. The maximum atomic E-state index is 12.5. The van der Waals surface area contributed by atoms with E-state index in [1.165, 1.54) is 18.1 Å². The molecular formula is C19H17N5OS2. The van der Waals surface area contributed by atoms with Gasteiger partial charge in [-0.2, -0.15) is 5.10 Å². The molecule has 0 radical (unpaired) electrons. The second-order valence-electron chi connectivity index (χ2n) is 5.95. The highest BCUT2D eigenvalue weighted by atomic mass is 32.2. The number of aromatic nitrogens is 4. The van der Waals surface area contributed by atoms with Crippen LogP contribution in [-0.2, 0) is 4.79 Å². The summed E-state index contributed by atoms with van der Waals surface area (Å²) in [4.78, 5) is 22.0. The number of anilines is 1. The molecule has 0 atom stereocenters. The van der Waals surface area contributed by atoms with Crippen molar-refractivity contribution in [2.75, 3.05) is 11.1 Å². The van der Waals surface area contributed by atoms with Gasteiger partial charge in [-0.05, 0) is 37.4 Å². The SMILES string of the molecule is Cc1nn(-c2ccccc2)c(C)c1NC(=O)CSc1ncnc2sccc12. The molecule has 6 nitrogen and oxygen atoms in total. The normalized spacial score (nSPS) is 11.0. The van der Waals surface area contributed by atoms with Gasteiger partial charge in [0.25, 0.3) is 0 Å². The van der Waals surface area contributed by atoms with Crippen LogP contribution in [0.25, 0.3) is 15.9 Å². The number of benzene rings is 1. The molecule has 0 spiro atoms. The third-order valence-corrected chi connectivity index (χ3v) is 5.95. The van der Waals surface area contributed by atoms with E-state index in [0.717, 1.165) is 38.0 Å². The monoisotopic (exact) mass is 395 g/mol. The molecule has 136 valence electrons. The number of hydrogen-bond acceptors (Lipinski definition) is 6. The van der Waals surface area contributed by atoms with Crippen LogP contribution in [0.4, 0.5) is 5.69 Å². The molecule has 1 amide bonds. The molecule has 1 aromatic carbocycles. The van der Waals surface area contributed by atoms with Crippen molar-refractivity contribution >= 4 is 44.9 Å². The van der Waals surface area contributed by atoms with Crippen molar-refractivity contribution < 1.29 is 4.79 Å². The summed E-state index contributed by atoms with van der Waals surface area (Å²) in [5, 5.41) is 11.4. The molecule has 4 aromatic rings. The molecule has 3 aromatic heterocycles. The molecule has 3 heterocycles. The summed E-state index contributed by atoms with van der Waals surface area (Å²) in [5.41, 5.74) is 3.41. The summed E-state index contributed by atoms with van der Waals surface area (Å²) >= 11 is 2.98. The predicted molar refractivity (Wildman–Crippen MR) is 110 cm³/mol. The summed E-state index contributed by atoms with van der Waals surface area (Å²) in [6, 6.07) is 11.9. The first-order valence-corrected chi connectivity index (χ1v) is 10.2. The van der Waals surface area contributed by atoms with Crippen molar-refractivity contribution in [1.29, 1.82) is 0 Å². The number of nitrogens with zero attached hydrogens (tertiary/aromatic N) is 4. The lowest BCUT2D eigenvalue weighted by Crippen LogP contribution is -2.15. The first-order valence-electron chi connectivity index (χ1n) is 8.36. The van der Waals surface area contributed by atoms with Gasteiger partial charge in [0.2, 0.25) is 5.91 Å². The summed E-state index contributed by atoms with van der Waals surface area (Å²) in [7, 11) is 0. The zero-order valence-electron chi connectivity index (χ0n) is 14.8. The summed E-state index contributed by atoms with van der Waals surface area (Å²) < 4.78 is 1.84. The molecule has 0 unspecified atom stereocenters. The molecule has 27 heavy (non-hydrogen) atoms. The zero-order valence-corrected chi connectivity index (χ0v) is 16.5. The Morgan fingerprint density at radius 2 is 2.00 bits per heavy atom. The highest BCUT2D eigenvalue weighted by Crippen LogP contribution is 2.28. The van der Waals surface area contributed by atoms with Gasteiger partial charge in [0.05, 0.1) is 28.5 Å². The number of hydrogen-bond donors (Lipinski definition) is 1. The van der Waals surface area contributed by atoms with Gasteiger partial charge < -0.3 is 5.32 Å². The molecule has 1 N–H and O–H groups in total. The van der Waals surface area contributed by atoms with Crippen molar-refractivity contribution in [2.45, 2.75) is 18.9 Å². The van der Waals surface area contributed by atoms with Gasteiger partial charge in [0.1, 0.15) is 16.2 Å². The molecule has 0 aliphatic heterocycles. The van der Waals surface area contributed by atoms with Gasteiger partial charge in [-0.15, -0.1) is 11.3 Å². The summed E-state index contributed by atoms with van der Waals surface area (Å²) in [6.07, 6.45) is 1.54. The van der Waals surface area contributed by atoms with Crippen LogP contribution in [0.2, 0.25) is 0 Å². The van der Waals surface area contributed by atoms with Crippen LogP contribution in [0.15, 0.2) is 53.1 Å². The van der Waals surface area contributed by atoms with E-state index in [1.807, 2.05) is 60.3 Å². The number of carbonyl (C=O) groups is 1. The number of aryl methyl sites for hydroxylation is 1. The number of nitrogens with one attached hydrogen (secondary N) is 1. The van der Waals surface area contributed by atoms with E-state index in [1.54, 1.807) is 11.3 Å². The highest BCUT2D eigenvalue weighted by molar-refractivity contribution is 8.00. The minimum Gasteiger partial charge on any atom is -0.322 e. The van der Waals surface area contributed by atoms with E-state index >= 15 is 0 Å². The highest BCUT2D eigenvalue weighted by Gasteiger charge is 2.16. The van der Waals surface area contributed by atoms with E-state index in [2.05, 4.69) is 20.4 Å². The average Bonchev–Trinajstić information content (AvgIpc) is 3.27. The molecule has 0 aliphatic rings. The number of para-hydroxylation sites is 1. The van der Waals surface area contributed by atoms with Crippen LogP contribution in [0.5, 0.6) is 0 Å². The Balaban J connectivity index is 1.49. The average molecular weight is 396 g/mol. The lowest BCUT2D eigenvalue weighted by Gasteiger charge is -2.07. The maximum absolute atomic E-state index is 12.5. The number of rotatable bonds is 5. The molecule has 4 rings (SSSR count). The van der Waals surface area contributed by atoms with E-state index in [-0.39, 0.29) is 11.7 Å². The maximum Gasteiger partial charge on any atom is 0.234 e. The fourth-order valence-corrected chi connectivity index (χ4v) is 4.42. The van der Waals surface area contributed by atoms with E-state index < -0.39 is 0 Å². The molecule has 0 aliphatic carbocycles. The summed E-state index contributed by atoms with van der Waals surface area (Å²) in [6.45, 7) is 3.85. The fourth-order valence-electron chi connectivity index (χ4n) is 2.84. The number of amides is 1. The van der Waals surface area contributed by atoms with Gasteiger partial charge in [-0.1, -0.05) is 30.0 Å². The van der Waals surface area contributed by atoms with E-state index in [4.69, 9.17) is 0 Å². The largest absolute Gasteiger partial charge is 0.322 e. The first-order chi connectivity index (χ1) is 13.1. The topological polar surface area (TPSA) is 72.7 Å². The molecule has 8 heteroatoms. The van der Waals surface area contributed by atoms with Gasteiger partial charge in [-0.25, -0.2) is 14.6 Å². The van der Waals surface area contributed by atoms with Crippen LogP contribution in [-0.4, -0.2) is 31.4 Å². The zero-order chi connectivity index (χ0) is 18.8. The van der Waals surface area contributed by atoms with Crippen molar-refractivity contribution in [3.63, 3.8) is 0 Å². The summed E-state index contributed by atoms with van der Waals surface area (Å²) in [5.74, 6) is 0.193. The number of carbonyl (C=O) groups excluding carboxylic acids is 1. The molecule has 0 saturated carbocycles. The van der Waals surface area contributed by atoms with Crippen molar-refractivity contribution in [3.05, 3.63) is 59.5 Å². The molecule has 0 saturated heterocycles. The smallest absolute Gasteiger partial charge is 0.234 e. The fraction of sp³-hybridized carbons (Fsp3) is 0.158. The predicted octanol–water partition coefficient (Wildman–Crippen LogP) is 4.22. The Morgan fingerprint density at radius 1 is 1.19 bits per heavy atom. The van der Waals surface area contributed by atoms with Gasteiger partial charge >= 0.3 is 0 Å². The first kappa shape index (κ1) is 17.7. The van der Waals surface area contributed by atoms with Crippen LogP contribution in [0, 0.1) is 13.8 Å². The van der Waals surface area contributed by atoms with E-state index in [9.17, 15) is 4.79 Å². The lowest BCUT2D eigenvalue weighted by molar-refractivity contribution is -0.113. The van der Waals surface area contributed by atoms with Gasteiger partial charge in [0.15, 0.2) is 0 Å². The minimum atomic E-state index is -0.0826. The quantitative estimate of drug-likeness (QED) is 0.404. The number of fused-ring (bicyclic) bond motifs is 1. The molecular weight excluding hydrogens is 378 g/mol. The Hall–Kier alpha value is -2.71. The van der Waals surface area contributed by atoms with Crippen LogP contribution in [0.3, 0.4) is 0 Å². The molecule has 0 fully saturated rings. The van der Waals surface area contributed by atoms with Crippen molar-refractivity contribution in [1.82, 2.24) is 19.7 Å². The Morgan fingerprint density at radius 3 is 2.81 bits per heavy atom. The van der Waals surface area contributed by atoms with Gasteiger partial charge in [-0.3, -0.25) is 4.79 Å². The lowest BCUT2D eigenvalue weighted by atomic mass is 10.3. The Bertz CT molecular complexity index is 1100. The van der Waals surface area contributed by atoms with E-state index in [0.29, 0.717) is 0 Å². The van der Waals surface area contributed by atoms with Crippen LogP contribution >= 0.6 is 23.1 Å². The Kier molecular flexibility index (Phi) is 4.91. The van der Waals surface area contributed by atoms with Gasteiger partial charge in [0, 0.05) is 5.39 Å². The standard InChI is InChI=1S/C19H17N5OS2/c1-12-17(13(2)24(23-12)14-6-4-3-5-7-14)22-16(25)10-27-19-15-8-9-26-18(15)20-11-21-19/h3-9,11H,10H2,1-2H3,(H,22,25). The second kappa shape index (κ2) is 7.50. The molecule has 0 bridgehead atoms. The van der Waals surface area contributed by atoms with Crippen molar-refractivity contribution in [2.24, 2.45) is 0 Å². The van der Waals surface area contributed by atoms with Crippen LogP contribution < -0.4 is 5.32 Å². The van der Waals surface area contributed by atoms with Crippen LogP contribution in [0.1, 0.15) is 11.4 Å². The third kappa shape index (κ3) is 3.58.